The second-order valence-corrected chi connectivity index (χ2v) is 4.02. The number of amides is 1. The van der Waals surface area contributed by atoms with Gasteiger partial charge in [-0.25, -0.2) is 0 Å². The summed E-state index contributed by atoms with van der Waals surface area (Å²) in [7, 11) is 0. The van der Waals surface area contributed by atoms with Gasteiger partial charge in [0.05, 0.1) is 12.6 Å². The quantitative estimate of drug-likeness (QED) is 0.663. The van der Waals surface area contributed by atoms with Gasteiger partial charge in [0.1, 0.15) is 6.54 Å². The minimum absolute atomic E-state index is 0.0328. The largest absolute Gasteiger partial charge is 0.465 e. The molecule has 1 aliphatic carbocycles. The summed E-state index contributed by atoms with van der Waals surface area (Å²) in [6.07, 6.45) is 2.51. The van der Waals surface area contributed by atoms with E-state index in [9.17, 15) is 9.59 Å². The summed E-state index contributed by atoms with van der Waals surface area (Å²) in [4.78, 5) is 24.8. The van der Waals surface area contributed by atoms with Crippen molar-refractivity contribution in [2.45, 2.75) is 45.2 Å². The summed E-state index contributed by atoms with van der Waals surface area (Å²) < 4.78 is 4.84. The van der Waals surface area contributed by atoms with Crippen LogP contribution in [0.4, 0.5) is 0 Å². The van der Waals surface area contributed by atoms with Crippen molar-refractivity contribution in [1.29, 1.82) is 0 Å². The highest BCUT2D eigenvalue weighted by Crippen LogP contribution is 2.27. The van der Waals surface area contributed by atoms with Crippen LogP contribution >= 0.6 is 0 Å². The molecule has 0 heterocycles. The average molecular weight is 228 g/mol. The van der Waals surface area contributed by atoms with Crippen LogP contribution in [-0.4, -0.2) is 42.0 Å². The molecule has 0 unspecified atom stereocenters. The van der Waals surface area contributed by atoms with Gasteiger partial charge in [0.25, 0.3) is 0 Å². The lowest BCUT2D eigenvalue weighted by atomic mass is 10.2. The highest BCUT2D eigenvalue weighted by atomic mass is 16.5. The average Bonchev–Trinajstić information content (AvgIpc) is 3.08. The molecule has 2 N–H and O–H groups in total. The Labute approximate surface area is 95.9 Å². The molecule has 1 saturated carbocycles. The number of carbonyl (C=O) groups is 2. The fourth-order valence-corrected chi connectivity index (χ4v) is 1.51. The van der Waals surface area contributed by atoms with E-state index in [0.29, 0.717) is 13.0 Å². The molecule has 0 aromatic rings. The van der Waals surface area contributed by atoms with Gasteiger partial charge >= 0.3 is 5.97 Å². The first-order chi connectivity index (χ1) is 7.60. The van der Waals surface area contributed by atoms with Crippen LogP contribution in [0.25, 0.3) is 0 Å². The van der Waals surface area contributed by atoms with Gasteiger partial charge in [0, 0.05) is 6.04 Å². The first-order valence-electron chi connectivity index (χ1n) is 5.81. The van der Waals surface area contributed by atoms with Crippen LogP contribution < -0.4 is 5.73 Å². The molecule has 0 saturated heterocycles. The Morgan fingerprint density at radius 1 is 1.44 bits per heavy atom. The van der Waals surface area contributed by atoms with Gasteiger partial charge in [-0.2, -0.15) is 0 Å². The van der Waals surface area contributed by atoms with Crippen molar-refractivity contribution < 1.29 is 14.3 Å². The molecule has 1 aliphatic rings. The maximum atomic E-state index is 11.9. The molecule has 5 heteroatoms. The number of hydrogen-bond donors (Lipinski definition) is 1. The number of nitrogens with zero attached hydrogens (tertiary/aromatic N) is 1. The van der Waals surface area contributed by atoms with Gasteiger partial charge in [-0.3, -0.25) is 9.59 Å². The van der Waals surface area contributed by atoms with Gasteiger partial charge in [0.15, 0.2) is 0 Å². The normalized spacial score (nSPS) is 16.7. The predicted octanol–water partition coefficient (Wildman–Crippen LogP) is 0.278. The SMILES string of the molecule is CCOC(=O)CN(C(=O)[C@H](N)CC)C1CC1. The van der Waals surface area contributed by atoms with E-state index >= 15 is 0 Å². The Kier molecular flexibility index (Phi) is 4.73. The van der Waals surface area contributed by atoms with E-state index in [0.717, 1.165) is 12.8 Å². The van der Waals surface area contributed by atoms with E-state index in [2.05, 4.69) is 0 Å². The Hall–Kier alpha value is -1.10. The summed E-state index contributed by atoms with van der Waals surface area (Å²) in [6, 6.07) is -0.315. The van der Waals surface area contributed by atoms with Crippen molar-refractivity contribution in [2.75, 3.05) is 13.2 Å². The number of esters is 1. The van der Waals surface area contributed by atoms with Crippen LogP contribution in [0, 0.1) is 0 Å². The molecule has 0 bridgehead atoms. The number of nitrogens with two attached hydrogens (primary N) is 1. The van der Waals surface area contributed by atoms with Gasteiger partial charge in [-0.1, -0.05) is 6.92 Å². The molecule has 1 rings (SSSR count). The molecular weight excluding hydrogens is 208 g/mol. The van der Waals surface area contributed by atoms with Crippen LogP contribution in [0.1, 0.15) is 33.1 Å². The molecule has 0 radical (unpaired) electrons. The number of carbonyl (C=O) groups excluding carboxylic acids is 2. The lowest BCUT2D eigenvalue weighted by molar-refractivity contribution is -0.149. The highest BCUT2D eigenvalue weighted by Gasteiger charge is 2.35. The molecule has 0 spiro atoms. The van der Waals surface area contributed by atoms with Gasteiger partial charge < -0.3 is 15.4 Å². The first-order valence-corrected chi connectivity index (χ1v) is 5.81. The fraction of sp³-hybridized carbons (Fsp3) is 0.818. The second-order valence-electron chi connectivity index (χ2n) is 4.02. The van der Waals surface area contributed by atoms with E-state index in [-0.39, 0.29) is 24.5 Å². The minimum atomic E-state index is -0.505. The number of rotatable bonds is 6. The summed E-state index contributed by atoms with van der Waals surface area (Å²) in [5.74, 6) is -0.496. The standard InChI is InChI=1S/C11H20N2O3/c1-3-9(12)11(15)13(8-5-6-8)7-10(14)16-4-2/h8-9H,3-7,12H2,1-2H3/t9-/m1/s1. The molecule has 1 amide bonds. The Morgan fingerprint density at radius 3 is 2.50 bits per heavy atom. The smallest absolute Gasteiger partial charge is 0.325 e. The van der Waals surface area contributed by atoms with Crippen molar-refractivity contribution in [2.24, 2.45) is 5.73 Å². The van der Waals surface area contributed by atoms with Crippen molar-refractivity contribution in [3.63, 3.8) is 0 Å². The molecule has 0 aromatic carbocycles. The van der Waals surface area contributed by atoms with Crippen molar-refractivity contribution in [3.8, 4) is 0 Å². The molecule has 1 fully saturated rings. The lowest BCUT2D eigenvalue weighted by Gasteiger charge is -2.24. The monoisotopic (exact) mass is 228 g/mol. The van der Waals surface area contributed by atoms with Gasteiger partial charge in [-0.15, -0.1) is 0 Å². The van der Waals surface area contributed by atoms with Crippen LogP contribution in [-0.2, 0) is 14.3 Å². The zero-order valence-electron chi connectivity index (χ0n) is 9.94. The van der Waals surface area contributed by atoms with E-state index in [1.165, 1.54) is 0 Å². The first kappa shape index (κ1) is 13.0. The maximum absolute atomic E-state index is 11.9. The third-order valence-corrected chi connectivity index (χ3v) is 2.63. The van der Waals surface area contributed by atoms with Crippen LogP contribution in [0.2, 0.25) is 0 Å². The molecule has 0 aliphatic heterocycles. The molecule has 5 nitrogen and oxygen atoms in total. The summed E-state index contributed by atoms with van der Waals surface area (Å²) in [5.41, 5.74) is 5.69. The fourth-order valence-electron chi connectivity index (χ4n) is 1.51. The lowest BCUT2D eigenvalue weighted by Crippen LogP contribution is -2.47. The van der Waals surface area contributed by atoms with E-state index in [1.54, 1.807) is 11.8 Å². The summed E-state index contributed by atoms with van der Waals surface area (Å²) in [6.45, 7) is 3.98. The highest BCUT2D eigenvalue weighted by molar-refractivity contribution is 5.86. The Bertz CT molecular complexity index is 264. The maximum Gasteiger partial charge on any atom is 0.325 e. The summed E-state index contributed by atoms with van der Waals surface area (Å²) in [5, 5.41) is 0. The van der Waals surface area contributed by atoms with Crippen LogP contribution in [0.5, 0.6) is 0 Å². The predicted molar refractivity (Wildman–Crippen MR) is 59.6 cm³/mol. The third-order valence-electron chi connectivity index (χ3n) is 2.63. The van der Waals surface area contributed by atoms with Gasteiger partial charge in [-0.05, 0) is 26.2 Å². The van der Waals surface area contributed by atoms with Crippen LogP contribution in [0.15, 0.2) is 0 Å². The second kappa shape index (κ2) is 5.84. The zero-order valence-corrected chi connectivity index (χ0v) is 9.94. The van der Waals surface area contributed by atoms with Gasteiger partial charge in [0.2, 0.25) is 5.91 Å². The van der Waals surface area contributed by atoms with Crippen molar-refractivity contribution >= 4 is 11.9 Å². The van der Waals surface area contributed by atoms with Crippen molar-refractivity contribution in [1.82, 2.24) is 4.90 Å². The van der Waals surface area contributed by atoms with E-state index < -0.39 is 6.04 Å². The molecule has 1 atom stereocenters. The Balaban J connectivity index is 2.53. The van der Waals surface area contributed by atoms with E-state index in [4.69, 9.17) is 10.5 Å². The molecule has 0 aromatic heterocycles. The summed E-state index contributed by atoms with van der Waals surface area (Å²) >= 11 is 0. The molecule has 92 valence electrons. The third kappa shape index (κ3) is 3.48. The number of hydrogen-bond acceptors (Lipinski definition) is 4. The van der Waals surface area contributed by atoms with Crippen LogP contribution in [0.3, 0.4) is 0 Å². The Morgan fingerprint density at radius 2 is 2.06 bits per heavy atom. The van der Waals surface area contributed by atoms with Crippen molar-refractivity contribution in [3.05, 3.63) is 0 Å². The molecular formula is C11H20N2O3. The van der Waals surface area contributed by atoms with E-state index in [1.807, 2.05) is 6.92 Å². The number of ether oxygens (including phenoxy) is 1. The topological polar surface area (TPSA) is 72.6 Å². The molecule has 16 heavy (non-hydrogen) atoms. The minimum Gasteiger partial charge on any atom is -0.465 e. The zero-order chi connectivity index (χ0) is 12.1.